The smallest absolute Gasteiger partial charge is 0.166 e. The first kappa shape index (κ1) is 26.0. The van der Waals surface area contributed by atoms with Gasteiger partial charge in [0, 0.05) is 11.5 Å². The van der Waals surface area contributed by atoms with E-state index in [1.165, 1.54) is 56.7 Å². The Bertz CT molecular complexity index is 1940. The number of alkyl halides is 3. The maximum absolute atomic E-state index is 13.6. The molecule has 5 aromatic carbocycles. The Morgan fingerprint density at radius 2 is 1.14 bits per heavy atom. The zero-order valence-electron chi connectivity index (χ0n) is 23.7. The first-order valence-electron chi connectivity index (χ1n) is 14.9. The maximum Gasteiger partial charge on any atom is 0.413 e. The Kier molecular flexibility index (Phi) is 5.71. The minimum absolute atomic E-state index is 0.392. The number of fused-ring (bicyclic) bond motifs is 10. The van der Waals surface area contributed by atoms with E-state index in [9.17, 15) is 13.2 Å². The first-order chi connectivity index (χ1) is 20.9. The van der Waals surface area contributed by atoms with Crippen LogP contribution in [0.3, 0.4) is 0 Å². The van der Waals surface area contributed by atoms with Gasteiger partial charge in [-0.1, -0.05) is 121 Å². The lowest BCUT2D eigenvalue weighted by molar-refractivity contribution is -0.0969. The molecule has 0 N–H and O–H groups in total. The molecule has 0 amide bonds. The molecule has 1 atom stereocenters. The van der Waals surface area contributed by atoms with Crippen molar-refractivity contribution in [2.24, 2.45) is 5.92 Å². The summed E-state index contributed by atoms with van der Waals surface area (Å²) in [5, 5.41) is 0. The van der Waals surface area contributed by atoms with Gasteiger partial charge in [0.25, 0.3) is 0 Å². The van der Waals surface area contributed by atoms with E-state index in [0.717, 1.165) is 22.3 Å². The van der Waals surface area contributed by atoms with Crippen LogP contribution in [0.5, 0.6) is 0 Å². The van der Waals surface area contributed by atoms with Crippen LogP contribution >= 0.6 is 0 Å². The van der Waals surface area contributed by atoms with E-state index in [1.807, 2.05) is 12.1 Å². The molecule has 0 aromatic heterocycles. The quantitative estimate of drug-likeness (QED) is 0.199. The van der Waals surface area contributed by atoms with Crippen LogP contribution in [0, 0.1) is 12.8 Å². The van der Waals surface area contributed by atoms with Crippen molar-refractivity contribution < 1.29 is 13.2 Å². The Balaban J connectivity index is 1.28. The average Bonchev–Trinajstić information content (AvgIpc) is 3.70. The third kappa shape index (κ3) is 3.70. The van der Waals surface area contributed by atoms with Crippen LogP contribution in [0.1, 0.15) is 39.8 Å². The highest BCUT2D eigenvalue weighted by Crippen LogP contribution is 2.63. The molecule has 0 saturated heterocycles. The average molecular weight is 567 g/mol. The molecule has 3 aliphatic rings. The van der Waals surface area contributed by atoms with Gasteiger partial charge in [-0.3, -0.25) is 0 Å². The monoisotopic (exact) mass is 566 g/mol. The summed E-state index contributed by atoms with van der Waals surface area (Å²) in [4.78, 5) is 0. The van der Waals surface area contributed by atoms with Crippen molar-refractivity contribution in [2.45, 2.75) is 31.4 Å². The molecule has 1 spiro atoms. The van der Waals surface area contributed by atoms with E-state index in [1.54, 1.807) is 6.08 Å². The highest BCUT2D eigenvalue weighted by atomic mass is 19.4. The van der Waals surface area contributed by atoms with Crippen LogP contribution in [0.25, 0.3) is 33.4 Å². The van der Waals surface area contributed by atoms with Crippen molar-refractivity contribution in [1.29, 1.82) is 0 Å². The maximum atomic E-state index is 13.6. The topological polar surface area (TPSA) is 0 Å². The normalized spacial score (nSPS) is 17.0. The first-order valence-corrected chi connectivity index (χ1v) is 14.9. The minimum atomic E-state index is -4.30. The number of hydrogen-bond acceptors (Lipinski definition) is 0. The molecule has 5 aromatic rings. The van der Waals surface area contributed by atoms with Gasteiger partial charge in [0.2, 0.25) is 0 Å². The Morgan fingerprint density at radius 3 is 1.74 bits per heavy atom. The second-order valence-electron chi connectivity index (χ2n) is 11.9. The zero-order chi connectivity index (χ0) is 29.3. The molecule has 1 unspecified atom stereocenters. The van der Waals surface area contributed by atoms with Gasteiger partial charge in [-0.05, 0) is 92.6 Å². The molecule has 0 saturated carbocycles. The third-order valence-electron chi connectivity index (χ3n) is 9.72. The molecule has 0 heterocycles. The zero-order valence-corrected chi connectivity index (χ0v) is 23.7. The van der Waals surface area contributed by atoms with Gasteiger partial charge in [0.15, 0.2) is 0 Å². The molecule has 43 heavy (non-hydrogen) atoms. The van der Waals surface area contributed by atoms with E-state index in [2.05, 4.69) is 104 Å². The molecular weight excluding hydrogens is 537 g/mol. The highest BCUT2D eigenvalue weighted by Gasteiger charge is 2.51. The third-order valence-corrected chi connectivity index (χ3v) is 9.72. The van der Waals surface area contributed by atoms with Crippen LogP contribution < -0.4 is 0 Å². The van der Waals surface area contributed by atoms with Crippen molar-refractivity contribution in [3.63, 3.8) is 0 Å². The fraction of sp³-hybridized carbons (Fsp3) is 0.150. The number of benzene rings is 5. The minimum Gasteiger partial charge on any atom is -0.166 e. The fourth-order valence-corrected chi connectivity index (χ4v) is 7.93. The van der Waals surface area contributed by atoms with Crippen LogP contribution in [0.4, 0.5) is 13.2 Å². The molecule has 3 heteroatoms. The predicted octanol–water partition coefficient (Wildman–Crippen LogP) is 10.6. The van der Waals surface area contributed by atoms with Crippen molar-refractivity contribution in [1.82, 2.24) is 0 Å². The van der Waals surface area contributed by atoms with Crippen molar-refractivity contribution in [3.05, 3.63) is 166 Å². The van der Waals surface area contributed by atoms with E-state index in [0.29, 0.717) is 12.8 Å². The van der Waals surface area contributed by atoms with E-state index >= 15 is 0 Å². The van der Waals surface area contributed by atoms with Gasteiger partial charge in [-0.15, -0.1) is 0 Å². The summed E-state index contributed by atoms with van der Waals surface area (Å²) < 4.78 is 40.8. The highest BCUT2D eigenvalue weighted by molar-refractivity contribution is 5.96. The van der Waals surface area contributed by atoms with Gasteiger partial charge < -0.3 is 0 Å². The lowest BCUT2D eigenvalue weighted by atomic mass is 9.70. The standard InChI is InChI=1S/C40H29F3/c1-25-23-38-33(24-32(25)28-13-3-2-11-26(28)21-22-27-12-10-20-34(27)40(41,42)43)31-16-6-9-19-37(31)39(38)35-17-7-4-14-29(35)30-15-5-8-18-36(30)39/h2-20,23-24,27H,21-22H2,1H3. The van der Waals surface area contributed by atoms with E-state index in [4.69, 9.17) is 0 Å². The molecule has 0 nitrogen and oxygen atoms in total. The largest absolute Gasteiger partial charge is 0.413 e. The summed E-state index contributed by atoms with van der Waals surface area (Å²) in [5.41, 5.74) is 13.9. The molecule has 3 aliphatic carbocycles. The Labute approximate surface area is 249 Å². The van der Waals surface area contributed by atoms with Crippen molar-refractivity contribution in [2.75, 3.05) is 0 Å². The lowest BCUT2D eigenvalue weighted by Crippen LogP contribution is -2.25. The van der Waals surface area contributed by atoms with Crippen molar-refractivity contribution >= 4 is 0 Å². The van der Waals surface area contributed by atoms with Crippen LogP contribution in [-0.4, -0.2) is 6.18 Å². The van der Waals surface area contributed by atoms with Gasteiger partial charge in [-0.25, -0.2) is 0 Å². The summed E-state index contributed by atoms with van der Waals surface area (Å²) >= 11 is 0. The number of allylic oxidation sites excluding steroid dienone is 4. The van der Waals surface area contributed by atoms with Crippen LogP contribution in [-0.2, 0) is 11.8 Å². The summed E-state index contributed by atoms with van der Waals surface area (Å²) in [6.07, 6.45) is 1.12. The Morgan fingerprint density at radius 1 is 0.605 bits per heavy atom. The number of rotatable bonds is 4. The van der Waals surface area contributed by atoms with E-state index in [-0.39, 0.29) is 0 Å². The van der Waals surface area contributed by atoms with E-state index < -0.39 is 23.1 Å². The summed E-state index contributed by atoms with van der Waals surface area (Å²) in [5.74, 6) is -0.608. The van der Waals surface area contributed by atoms with Crippen LogP contribution in [0.15, 0.2) is 133 Å². The number of hydrogen-bond donors (Lipinski definition) is 0. The summed E-state index contributed by atoms with van der Waals surface area (Å²) in [6, 6.07) is 39.2. The molecule has 0 bridgehead atoms. The van der Waals surface area contributed by atoms with Gasteiger partial charge >= 0.3 is 6.18 Å². The van der Waals surface area contributed by atoms with Crippen molar-refractivity contribution in [3.8, 4) is 33.4 Å². The van der Waals surface area contributed by atoms with Gasteiger partial charge in [0.1, 0.15) is 0 Å². The molecule has 8 rings (SSSR count). The molecule has 210 valence electrons. The lowest BCUT2D eigenvalue weighted by Gasteiger charge is -2.31. The molecule has 0 radical (unpaired) electrons. The molecular formula is C40H29F3. The molecule has 0 fully saturated rings. The van der Waals surface area contributed by atoms with Gasteiger partial charge in [-0.2, -0.15) is 13.2 Å². The van der Waals surface area contributed by atoms with Gasteiger partial charge in [0.05, 0.1) is 5.41 Å². The van der Waals surface area contributed by atoms with Crippen LogP contribution in [0.2, 0.25) is 0 Å². The summed E-state index contributed by atoms with van der Waals surface area (Å²) in [7, 11) is 0. The predicted molar refractivity (Wildman–Crippen MR) is 168 cm³/mol. The fourth-order valence-electron chi connectivity index (χ4n) is 7.93. The molecule has 0 aliphatic heterocycles. The summed E-state index contributed by atoms with van der Waals surface area (Å²) in [6.45, 7) is 2.17. The number of aryl methyl sites for hydroxylation is 2. The Hall–Kier alpha value is -4.63. The number of halogens is 3. The second kappa shape index (κ2) is 9.44. The second-order valence-corrected chi connectivity index (χ2v) is 11.9. The SMILES string of the molecule is Cc1cc2c(cc1-c1ccccc1CCC1C=CC=C1C(F)(F)F)-c1ccccc1C21c2ccccc2-c2ccccc21.